The zero-order valence-corrected chi connectivity index (χ0v) is 11.9. The molecule has 0 radical (unpaired) electrons. The summed E-state index contributed by atoms with van der Waals surface area (Å²) in [5.41, 5.74) is 10.1. The van der Waals surface area contributed by atoms with Crippen LogP contribution < -0.4 is 10.5 Å². The van der Waals surface area contributed by atoms with Gasteiger partial charge in [-0.05, 0) is 42.7 Å². The molecule has 104 valence electrons. The van der Waals surface area contributed by atoms with E-state index in [0.29, 0.717) is 13.0 Å². The van der Waals surface area contributed by atoms with Crippen LogP contribution in [0.2, 0.25) is 0 Å². The first-order valence-electron chi connectivity index (χ1n) is 6.65. The van der Waals surface area contributed by atoms with Crippen LogP contribution in [0.4, 0.5) is 0 Å². The lowest BCUT2D eigenvalue weighted by atomic mass is 10.1. The van der Waals surface area contributed by atoms with E-state index in [1.165, 1.54) is 16.7 Å². The minimum atomic E-state index is 0.175. The molecule has 0 fully saturated rings. The van der Waals surface area contributed by atoms with Gasteiger partial charge in [0, 0.05) is 6.42 Å². The monoisotopic (exact) mass is 268 g/mol. The van der Waals surface area contributed by atoms with E-state index in [1.807, 2.05) is 24.3 Å². The lowest BCUT2D eigenvalue weighted by molar-refractivity contribution is 0.305. The van der Waals surface area contributed by atoms with E-state index in [2.05, 4.69) is 32.0 Å². The summed E-state index contributed by atoms with van der Waals surface area (Å²) in [6.45, 7) is 4.74. The van der Waals surface area contributed by atoms with Gasteiger partial charge in [0.05, 0.1) is 5.84 Å². The lowest BCUT2D eigenvalue weighted by Crippen LogP contribution is -2.12. The summed E-state index contributed by atoms with van der Waals surface area (Å²) in [5, 5.41) is 7.27. The Hall–Kier alpha value is -2.29. The molecule has 20 heavy (non-hydrogen) atoms. The molecule has 0 bridgehead atoms. The Labute approximate surface area is 119 Å². The van der Waals surface area contributed by atoms with E-state index in [0.717, 1.165) is 11.3 Å². The normalized spacial score (nSPS) is 10.3. The quantitative estimate of drug-likeness (QED) is 0.645. The van der Waals surface area contributed by atoms with Crippen molar-refractivity contribution < 1.29 is 4.74 Å². The molecule has 3 nitrogen and oxygen atoms in total. The smallest absolute Gasteiger partial charge is 0.119 e. The van der Waals surface area contributed by atoms with E-state index in [-0.39, 0.29) is 5.84 Å². The fourth-order valence-electron chi connectivity index (χ4n) is 2.04. The highest BCUT2D eigenvalue weighted by molar-refractivity contribution is 5.79. The van der Waals surface area contributed by atoms with Crippen molar-refractivity contribution >= 4 is 5.84 Å². The van der Waals surface area contributed by atoms with Crippen LogP contribution in [-0.2, 0) is 13.0 Å². The third-order valence-corrected chi connectivity index (χ3v) is 3.22. The van der Waals surface area contributed by atoms with Crippen molar-refractivity contribution in [3.05, 3.63) is 64.7 Å². The Morgan fingerprint density at radius 1 is 1.10 bits per heavy atom. The number of nitrogens with one attached hydrogen (secondary N) is 1. The van der Waals surface area contributed by atoms with Gasteiger partial charge in [-0.2, -0.15) is 0 Å². The molecular weight excluding hydrogens is 248 g/mol. The van der Waals surface area contributed by atoms with Crippen LogP contribution in [0.3, 0.4) is 0 Å². The summed E-state index contributed by atoms with van der Waals surface area (Å²) in [6.07, 6.45) is 0.483. The van der Waals surface area contributed by atoms with Gasteiger partial charge in [-0.15, -0.1) is 0 Å². The summed E-state index contributed by atoms with van der Waals surface area (Å²) in [4.78, 5) is 0. The van der Waals surface area contributed by atoms with Gasteiger partial charge in [-0.1, -0.05) is 35.9 Å². The third-order valence-electron chi connectivity index (χ3n) is 3.22. The molecular formula is C17H20N2O. The minimum Gasteiger partial charge on any atom is -0.489 e. The van der Waals surface area contributed by atoms with Crippen molar-refractivity contribution in [1.29, 1.82) is 5.41 Å². The number of hydrogen-bond donors (Lipinski definition) is 2. The molecule has 0 unspecified atom stereocenters. The van der Waals surface area contributed by atoms with E-state index in [4.69, 9.17) is 15.9 Å². The molecule has 0 aliphatic carbocycles. The molecule has 3 N–H and O–H groups in total. The Bertz CT molecular complexity index is 603. The summed E-state index contributed by atoms with van der Waals surface area (Å²) < 4.78 is 5.80. The maximum atomic E-state index is 7.27. The largest absolute Gasteiger partial charge is 0.489 e. The first kappa shape index (κ1) is 14.1. The Balaban J connectivity index is 2.00. The number of rotatable bonds is 5. The molecule has 0 aliphatic rings. The topological polar surface area (TPSA) is 59.1 Å². The SMILES string of the molecule is Cc1ccc(C)c(COc2ccc(CC(=N)N)cc2)c1. The number of nitrogens with two attached hydrogens (primary N) is 1. The van der Waals surface area contributed by atoms with Crippen molar-refractivity contribution in [2.45, 2.75) is 26.9 Å². The molecule has 2 aromatic carbocycles. The summed E-state index contributed by atoms with van der Waals surface area (Å²) in [5.74, 6) is 1.01. The fourth-order valence-corrected chi connectivity index (χ4v) is 2.04. The molecule has 2 rings (SSSR count). The van der Waals surface area contributed by atoms with Gasteiger partial charge in [-0.25, -0.2) is 0 Å². The van der Waals surface area contributed by atoms with Gasteiger partial charge in [0.1, 0.15) is 12.4 Å². The van der Waals surface area contributed by atoms with Crippen molar-refractivity contribution in [2.24, 2.45) is 5.73 Å². The molecule has 0 aliphatic heterocycles. The molecule has 0 saturated heterocycles. The van der Waals surface area contributed by atoms with Crippen LogP contribution in [0.5, 0.6) is 5.75 Å². The van der Waals surface area contributed by atoms with Crippen molar-refractivity contribution in [3.63, 3.8) is 0 Å². The predicted octanol–water partition coefficient (Wildman–Crippen LogP) is 3.36. The first-order valence-corrected chi connectivity index (χ1v) is 6.65. The lowest BCUT2D eigenvalue weighted by Gasteiger charge is -2.10. The van der Waals surface area contributed by atoms with Crippen LogP contribution in [0, 0.1) is 19.3 Å². The number of ether oxygens (including phenoxy) is 1. The maximum absolute atomic E-state index is 7.27. The summed E-state index contributed by atoms with van der Waals surface area (Å²) in [6, 6.07) is 14.1. The van der Waals surface area contributed by atoms with Gasteiger partial charge < -0.3 is 10.5 Å². The molecule has 0 spiro atoms. The molecule has 0 heterocycles. The highest BCUT2D eigenvalue weighted by Gasteiger charge is 2.01. The van der Waals surface area contributed by atoms with Crippen LogP contribution in [-0.4, -0.2) is 5.84 Å². The van der Waals surface area contributed by atoms with Crippen molar-refractivity contribution in [1.82, 2.24) is 0 Å². The summed E-state index contributed by atoms with van der Waals surface area (Å²) in [7, 11) is 0. The van der Waals surface area contributed by atoms with Crippen LogP contribution in [0.15, 0.2) is 42.5 Å². The highest BCUT2D eigenvalue weighted by atomic mass is 16.5. The highest BCUT2D eigenvalue weighted by Crippen LogP contribution is 2.17. The fraction of sp³-hybridized carbons (Fsp3) is 0.235. The zero-order chi connectivity index (χ0) is 14.5. The van der Waals surface area contributed by atoms with Crippen molar-refractivity contribution in [2.75, 3.05) is 0 Å². The Morgan fingerprint density at radius 3 is 2.45 bits per heavy atom. The van der Waals surface area contributed by atoms with Gasteiger partial charge in [0.25, 0.3) is 0 Å². The van der Waals surface area contributed by atoms with Crippen molar-refractivity contribution in [3.8, 4) is 5.75 Å². The van der Waals surface area contributed by atoms with Gasteiger partial charge in [0.15, 0.2) is 0 Å². The Kier molecular flexibility index (Phi) is 4.41. The minimum absolute atomic E-state index is 0.175. The molecule has 0 amide bonds. The molecule has 0 atom stereocenters. The van der Waals surface area contributed by atoms with Gasteiger partial charge in [0.2, 0.25) is 0 Å². The number of aryl methyl sites for hydroxylation is 2. The maximum Gasteiger partial charge on any atom is 0.119 e. The van der Waals surface area contributed by atoms with E-state index in [9.17, 15) is 0 Å². The molecule has 3 heteroatoms. The van der Waals surface area contributed by atoms with E-state index in [1.54, 1.807) is 0 Å². The second-order valence-electron chi connectivity index (χ2n) is 5.06. The number of hydrogen-bond acceptors (Lipinski definition) is 2. The second-order valence-corrected chi connectivity index (χ2v) is 5.06. The zero-order valence-electron chi connectivity index (χ0n) is 11.9. The van der Waals surface area contributed by atoms with Crippen LogP contribution >= 0.6 is 0 Å². The first-order chi connectivity index (χ1) is 9.54. The molecule has 2 aromatic rings. The van der Waals surface area contributed by atoms with Crippen LogP contribution in [0.1, 0.15) is 22.3 Å². The molecule has 0 aromatic heterocycles. The average Bonchev–Trinajstić information content (AvgIpc) is 2.41. The predicted molar refractivity (Wildman–Crippen MR) is 82.3 cm³/mol. The number of amidine groups is 1. The molecule has 0 saturated carbocycles. The standard InChI is InChI=1S/C17H20N2O/c1-12-3-4-13(2)15(9-12)11-20-16-7-5-14(6-8-16)10-17(18)19/h3-9H,10-11H2,1-2H3,(H3,18,19). The number of benzene rings is 2. The van der Waals surface area contributed by atoms with Gasteiger partial charge in [-0.3, -0.25) is 5.41 Å². The average molecular weight is 268 g/mol. The van der Waals surface area contributed by atoms with E-state index < -0.39 is 0 Å². The van der Waals surface area contributed by atoms with Crippen LogP contribution in [0.25, 0.3) is 0 Å². The second kappa shape index (κ2) is 6.24. The Morgan fingerprint density at radius 2 is 1.80 bits per heavy atom. The summed E-state index contributed by atoms with van der Waals surface area (Å²) >= 11 is 0. The van der Waals surface area contributed by atoms with Gasteiger partial charge >= 0.3 is 0 Å². The third kappa shape index (κ3) is 3.85. The van der Waals surface area contributed by atoms with E-state index >= 15 is 0 Å².